The fraction of sp³-hybridized carbons (Fsp3) is 0.381. The number of halogens is 1. The Bertz CT molecular complexity index is 842. The zero-order chi connectivity index (χ0) is 18.8. The number of benzene rings is 1. The Morgan fingerprint density at radius 2 is 2.00 bits per heavy atom. The summed E-state index contributed by atoms with van der Waals surface area (Å²) in [6, 6.07) is 12.0. The van der Waals surface area contributed by atoms with Crippen LogP contribution in [0.3, 0.4) is 0 Å². The molecule has 2 aromatic rings. The van der Waals surface area contributed by atoms with Crippen molar-refractivity contribution in [1.82, 2.24) is 14.8 Å². The van der Waals surface area contributed by atoms with Crippen LogP contribution in [0.1, 0.15) is 35.2 Å². The summed E-state index contributed by atoms with van der Waals surface area (Å²) >= 11 is 3.38. The zero-order valence-corrected chi connectivity index (χ0v) is 16.6. The van der Waals surface area contributed by atoms with E-state index in [9.17, 15) is 9.59 Å². The number of nitrogens with zero attached hydrogens (tertiary/aromatic N) is 3. The highest BCUT2D eigenvalue weighted by atomic mass is 79.9. The molecule has 4 rings (SSSR count). The first-order valence-electron chi connectivity index (χ1n) is 9.35. The molecule has 2 amide bonds. The second-order valence-electron chi connectivity index (χ2n) is 7.33. The Morgan fingerprint density at radius 3 is 2.78 bits per heavy atom. The van der Waals surface area contributed by atoms with Crippen LogP contribution in [0.4, 0.5) is 0 Å². The van der Waals surface area contributed by atoms with Crippen molar-refractivity contribution in [3.05, 3.63) is 64.4 Å². The van der Waals surface area contributed by atoms with Crippen molar-refractivity contribution in [2.24, 2.45) is 5.92 Å². The normalized spacial score (nSPS) is 22.5. The van der Waals surface area contributed by atoms with Crippen molar-refractivity contribution in [3.63, 3.8) is 0 Å². The molecule has 6 heteroatoms. The van der Waals surface area contributed by atoms with Gasteiger partial charge in [-0.25, -0.2) is 0 Å². The molecule has 0 bridgehead atoms. The highest BCUT2D eigenvalue weighted by Gasteiger charge is 2.41. The van der Waals surface area contributed by atoms with Crippen molar-refractivity contribution >= 4 is 27.7 Å². The van der Waals surface area contributed by atoms with E-state index in [0.717, 1.165) is 22.9 Å². The van der Waals surface area contributed by atoms with E-state index in [-0.39, 0.29) is 17.9 Å². The van der Waals surface area contributed by atoms with Crippen LogP contribution in [-0.2, 0) is 11.3 Å². The van der Waals surface area contributed by atoms with Crippen molar-refractivity contribution in [2.45, 2.75) is 31.8 Å². The van der Waals surface area contributed by atoms with Crippen LogP contribution in [0.25, 0.3) is 0 Å². The number of carbonyl (C=O) groups is 2. The minimum Gasteiger partial charge on any atom is -0.336 e. The average molecular weight is 428 g/mol. The van der Waals surface area contributed by atoms with E-state index in [4.69, 9.17) is 0 Å². The number of aromatic nitrogens is 1. The standard InChI is InChI=1S/C21H22BrN3O2/c22-18-9-17(10-23-11-18)21(27)24-13-16-7-4-8-20(26)25(19(16)14-24)12-15-5-2-1-3-6-15/h1-3,5-6,9-11,16,19H,4,7-8,12-14H2/t16-,19+/m1/s1. The maximum Gasteiger partial charge on any atom is 0.255 e. The van der Waals surface area contributed by atoms with Crippen molar-refractivity contribution in [2.75, 3.05) is 13.1 Å². The van der Waals surface area contributed by atoms with E-state index in [1.165, 1.54) is 0 Å². The first-order chi connectivity index (χ1) is 13.1. The van der Waals surface area contributed by atoms with Crippen LogP contribution in [0.5, 0.6) is 0 Å². The molecule has 1 aromatic carbocycles. The number of pyridine rings is 1. The third-order valence-electron chi connectivity index (χ3n) is 5.53. The lowest BCUT2D eigenvalue weighted by Gasteiger charge is -2.30. The molecule has 0 unspecified atom stereocenters. The highest BCUT2D eigenvalue weighted by Crippen LogP contribution is 2.32. The summed E-state index contributed by atoms with van der Waals surface area (Å²) in [5.41, 5.74) is 1.72. The van der Waals surface area contributed by atoms with Crippen molar-refractivity contribution in [1.29, 1.82) is 0 Å². The van der Waals surface area contributed by atoms with Gasteiger partial charge in [-0.05, 0) is 46.3 Å². The molecule has 0 radical (unpaired) electrons. The van der Waals surface area contributed by atoms with Gasteiger partial charge in [-0.15, -0.1) is 0 Å². The minimum absolute atomic E-state index is 0.0102. The predicted octanol–water partition coefficient (Wildman–Crippen LogP) is 3.50. The summed E-state index contributed by atoms with van der Waals surface area (Å²) in [7, 11) is 0. The fourth-order valence-corrected chi connectivity index (χ4v) is 4.56. The lowest BCUT2D eigenvalue weighted by atomic mass is 9.98. The quantitative estimate of drug-likeness (QED) is 0.752. The van der Waals surface area contributed by atoms with Crippen LogP contribution in [-0.4, -0.2) is 45.7 Å². The van der Waals surface area contributed by atoms with Crippen LogP contribution >= 0.6 is 15.9 Å². The Kier molecular flexibility index (Phi) is 5.25. The van der Waals surface area contributed by atoms with Crippen LogP contribution in [0.15, 0.2) is 53.3 Å². The highest BCUT2D eigenvalue weighted by molar-refractivity contribution is 9.10. The lowest BCUT2D eigenvalue weighted by molar-refractivity contribution is -0.133. The van der Waals surface area contributed by atoms with Crippen LogP contribution in [0, 0.1) is 5.92 Å². The van der Waals surface area contributed by atoms with E-state index < -0.39 is 0 Å². The van der Waals surface area contributed by atoms with Gasteiger partial charge in [0.05, 0.1) is 11.6 Å². The fourth-order valence-electron chi connectivity index (χ4n) is 4.20. The van der Waals surface area contributed by atoms with E-state index in [2.05, 4.69) is 33.0 Å². The smallest absolute Gasteiger partial charge is 0.255 e. The molecular formula is C21H22BrN3O2. The first-order valence-corrected chi connectivity index (χ1v) is 10.1. The van der Waals surface area contributed by atoms with Gasteiger partial charge in [0.1, 0.15) is 0 Å². The van der Waals surface area contributed by atoms with E-state index in [1.54, 1.807) is 18.5 Å². The summed E-state index contributed by atoms with van der Waals surface area (Å²) in [4.78, 5) is 33.7. The Hall–Kier alpha value is -2.21. The molecule has 2 fully saturated rings. The van der Waals surface area contributed by atoms with Gasteiger partial charge in [-0.3, -0.25) is 14.6 Å². The topological polar surface area (TPSA) is 53.5 Å². The summed E-state index contributed by atoms with van der Waals surface area (Å²) in [6.45, 7) is 1.91. The van der Waals surface area contributed by atoms with Gasteiger partial charge in [0.2, 0.25) is 5.91 Å². The zero-order valence-electron chi connectivity index (χ0n) is 15.1. The van der Waals surface area contributed by atoms with Gasteiger partial charge in [0.25, 0.3) is 5.91 Å². The van der Waals surface area contributed by atoms with Gasteiger partial charge in [0.15, 0.2) is 0 Å². The second kappa shape index (κ2) is 7.80. The van der Waals surface area contributed by atoms with E-state index >= 15 is 0 Å². The molecule has 3 heterocycles. The summed E-state index contributed by atoms with van der Waals surface area (Å²) in [6.07, 6.45) is 5.76. The Labute approximate surface area is 167 Å². The molecule has 0 N–H and O–H groups in total. The number of rotatable bonds is 3. The molecule has 140 valence electrons. The van der Waals surface area contributed by atoms with Crippen molar-refractivity contribution in [3.8, 4) is 0 Å². The van der Waals surface area contributed by atoms with E-state index in [0.29, 0.717) is 37.5 Å². The third kappa shape index (κ3) is 3.90. The van der Waals surface area contributed by atoms with Crippen molar-refractivity contribution < 1.29 is 9.59 Å². The van der Waals surface area contributed by atoms with Crippen LogP contribution in [0.2, 0.25) is 0 Å². The number of hydrogen-bond acceptors (Lipinski definition) is 3. The maximum absolute atomic E-state index is 12.9. The number of amides is 2. The molecule has 0 saturated carbocycles. The Morgan fingerprint density at radius 1 is 1.19 bits per heavy atom. The number of fused-ring (bicyclic) bond motifs is 1. The van der Waals surface area contributed by atoms with Gasteiger partial charge in [-0.1, -0.05) is 30.3 Å². The lowest BCUT2D eigenvalue weighted by Crippen LogP contribution is -2.43. The third-order valence-corrected chi connectivity index (χ3v) is 5.96. The molecule has 1 aromatic heterocycles. The summed E-state index contributed by atoms with van der Waals surface area (Å²) < 4.78 is 0.794. The molecule has 2 saturated heterocycles. The molecule has 2 aliphatic rings. The predicted molar refractivity (Wildman–Crippen MR) is 106 cm³/mol. The van der Waals surface area contributed by atoms with Gasteiger partial charge in [-0.2, -0.15) is 0 Å². The average Bonchev–Trinajstić information content (AvgIpc) is 3.04. The SMILES string of the molecule is O=C(c1cncc(Br)c1)N1C[C@H]2CCCC(=O)N(Cc3ccccc3)[C@H]2C1. The van der Waals surface area contributed by atoms with E-state index in [1.807, 2.05) is 28.0 Å². The molecule has 27 heavy (non-hydrogen) atoms. The first kappa shape index (κ1) is 18.2. The summed E-state index contributed by atoms with van der Waals surface area (Å²) in [5, 5.41) is 0. The van der Waals surface area contributed by atoms with Gasteiger partial charge < -0.3 is 9.80 Å². The number of carbonyl (C=O) groups excluding carboxylic acids is 2. The molecule has 0 aliphatic carbocycles. The molecule has 2 aliphatic heterocycles. The Balaban J connectivity index is 1.55. The van der Waals surface area contributed by atoms with Gasteiger partial charge in [0, 0.05) is 42.9 Å². The maximum atomic E-state index is 12.9. The number of hydrogen-bond donors (Lipinski definition) is 0. The summed E-state index contributed by atoms with van der Waals surface area (Å²) in [5.74, 6) is 0.526. The largest absolute Gasteiger partial charge is 0.336 e. The molecule has 0 spiro atoms. The number of likely N-dealkylation sites (tertiary alicyclic amines) is 2. The minimum atomic E-state index is -0.0102. The molecule has 5 nitrogen and oxygen atoms in total. The molecular weight excluding hydrogens is 406 g/mol. The van der Waals surface area contributed by atoms with Crippen LogP contribution < -0.4 is 0 Å². The second-order valence-corrected chi connectivity index (χ2v) is 8.24. The molecule has 2 atom stereocenters. The van der Waals surface area contributed by atoms with Gasteiger partial charge >= 0.3 is 0 Å². The monoisotopic (exact) mass is 427 g/mol.